The molecule has 3 fully saturated rings. The first-order valence-electron chi connectivity index (χ1n) is 22.4. The maximum absolute atomic E-state index is 17.9. The highest BCUT2D eigenvalue weighted by molar-refractivity contribution is 5.98. The van der Waals surface area contributed by atoms with E-state index in [2.05, 4.69) is 9.88 Å². The Balaban J connectivity index is 1.23. The van der Waals surface area contributed by atoms with Crippen molar-refractivity contribution < 1.29 is 45.7 Å². The van der Waals surface area contributed by atoms with Crippen molar-refractivity contribution in [3.8, 4) is 28.6 Å². The zero-order chi connectivity index (χ0) is 47.9. The quantitative estimate of drug-likeness (QED) is 0.125. The summed E-state index contributed by atoms with van der Waals surface area (Å²) < 4.78 is 105. The van der Waals surface area contributed by atoms with Crippen molar-refractivity contribution in [3.05, 3.63) is 88.5 Å². The molecular weight excluding hydrogens is 876 g/mol. The fraction of sp³-hybridized carbons (Fsp3) is 0.469. The molecule has 13 nitrogen and oxygen atoms in total. The lowest BCUT2D eigenvalue weighted by Crippen LogP contribution is -2.65. The van der Waals surface area contributed by atoms with E-state index in [0.29, 0.717) is 60.9 Å². The smallest absolute Gasteiger partial charge is 0.417 e. The van der Waals surface area contributed by atoms with E-state index in [1.165, 1.54) is 14.2 Å². The molecule has 67 heavy (non-hydrogen) atoms. The van der Waals surface area contributed by atoms with Crippen LogP contribution in [-0.2, 0) is 24.0 Å². The molecule has 4 aliphatic heterocycles. The van der Waals surface area contributed by atoms with E-state index in [4.69, 9.17) is 28.9 Å². The molecule has 2 bridgehead atoms. The average molecular weight is 931 g/mol. The fourth-order valence-corrected chi connectivity index (χ4v) is 9.98. The number of methoxy groups -OCH3 is 2. The van der Waals surface area contributed by atoms with Gasteiger partial charge in [0.05, 0.1) is 43.6 Å². The molecule has 2 aromatic heterocycles. The van der Waals surface area contributed by atoms with E-state index < -0.39 is 70.1 Å². The van der Waals surface area contributed by atoms with Crippen molar-refractivity contribution in [2.24, 2.45) is 0 Å². The second-order valence-corrected chi connectivity index (χ2v) is 19.1. The highest BCUT2D eigenvalue weighted by Crippen LogP contribution is 2.49. The Morgan fingerprint density at radius 3 is 2.03 bits per heavy atom. The first-order chi connectivity index (χ1) is 31.7. The number of ether oxygens (including phenoxy) is 4. The number of hydrogen-bond donors (Lipinski definition) is 0. The molecule has 18 heteroatoms. The maximum Gasteiger partial charge on any atom is 0.417 e. The van der Waals surface area contributed by atoms with Gasteiger partial charge in [-0.15, -0.1) is 0 Å². The minimum atomic E-state index is -5.15. The van der Waals surface area contributed by atoms with Gasteiger partial charge in [0.15, 0.2) is 5.82 Å². The monoisotopic (exact) mass is 930 g/mol. The molecule has 0 N–H and O–H groups in total. The minimum Gasteiger partial charge on any atom is -0.497 e. The number of carbonyl (C=O) groups excluding carboxylic acids is 1. The van der Waals surface area contributed by atoms with Crippen LogP contribution in [0.2, 0.25) is 0 Å². The summed E-state index contributed by atoms with van der Waals surface area (Å²) in [6, 6.07) is 14.1. The van der Waals surface area contributed by atoms with Crippen LogP contribution in [0.25, 0.3) is 22.2 Å². The van der Waals surface area contributed by atoms with Crippen LogP contribution in [0, 0.1) is 18.6 Å². The molecule has 5 aromatic rings. The second-order valence-electron chi connectivity index (χ2n) is 19.1. The van der Waals surface area contributed by atoms with Crippen LogP contribution in [-0.4, -0.2) is 115 Å². The molecule has 356 valence electrons. The largest absolute Gasteiger partial charge is 0.497 e. The van der Waals surface area contributed by atoms with Gasteiger partial charge in [0.25, 0.3) is 0 Å². The highest BCUT2D eigenvalue weighted by Gasteiger charge is 2.54. The third kappa shape index (κ3) is 8.46. The summed E-state index contributed by atoms with van der Waals surface area (Å²) in [7, 11) is 6.97. The number of fused-ring (bicyclic) bond motifs is 5. The van der Waals surface area contributed by atoms with Crippen LogP contribution < -0.4 is 28.9 Å². The van der Waals surface area contributed by atoms with Crippen LogP contribution in [0.15, 0.2) is 54.6 Å². The summed E-state index contributed by atoms with van der Waals surface area (Å²) in [5, 5.41) is 0.0994. The number of rotatable bonds is 10. The van der Waals surface area contributed by atoms with Gasteiger partial charge < -0.3 is 38.5 Å². The number of likely N-dealkylation sites (N-methyl/N-ethyl adjacent to an activating group) is 1. The van der Waals surface area contributed by atoms with Gasteiger partial charge in [0.1, 0.15) is 51.4 Å². The van der Waals surface area contributed by atoms with Gasteiger partial charge in [-0.05, 0) is 109 Å². The predicted molar refractivity (Wildman–Crippen MR) is 244 cm³/mol. The summed E-state index contributed by atoms with van der Waals surface area (Å²) in [5.74, 6) is -0.757. The van der Waals surface area contributed by atoms with Crippen LogP contribution in [0.3, 0.4) is 0 Å². The highest BCUT2D eigenvalue weighted by atomic mass is 19.4. The third-order valence-corrected chi connectivity index (χ3v) is 13.4. The number of anilines is 3. The van der Waals surface area contributed by atoms with Crippen molar-refractivity contribution in [3.63, 3.8) is 0 Å². The van der Waals surface area contributed by atoms with Crippen LogP contribution in [0.4, 0.5) is 44.2 Å². The van der Waals surface area contributed by atoms with Crippen LogP contribution >= 0.6 is 0 Å². The topological polar surface area (TPSA) is 109 Å². The van der Waals surface area contributed by atoms with Gasteiger partial charge in [-0.25, -0.2) is 23.5 Å². The number of carbonyl (C=O) groups is 1. The van der Waals surface area contributed by atoms with Gasteiger partial charge in [-0.2, -0.15) is 18.2 Å². The number of amides is 1. The lowest BCUT2D eigenvalue weighted by Gasteiger charge is -2.48. The number of piperazine rings is 1. The molecule has 9 rings (SSSR count). The number of pyridine rings is 1. The first-order valence-corrected chi connectivity index (χ1v) is 22.4. The summed E-state index contributed by atoms with van der Waals surface area (Å²) in [5.41, 5.74) is -3.32. The van der Waals surface area contributed by atoms with Gasteiger partial charge in [0, 0.05) is 44.3 Å². The zero-order valence-electron chi connectivity index (χ0n) is 39.0. The number of halogens is 5. The maximum atomic E-state index is 17.9. The molecular formula is C49H55F5N8O5. The van der Waals surface area contributed by atoms with E-state index >= 15 is 22.0 Å². The third-order valence-electron chi connectivity index (χ3n) is 13.4. The molecule has 4 atom stereocenters. The normalized spacial score (nSPS) is 20.4. The zero-order valence-corrected chi connectivity index (χ0v) is 39.0. The SMILES string of the molecule is COc1ccc(CN(Cc2ccc(OC)cc2)c2cc(-c3nc4c5c(nc(N6CC(N(C)C)C6)nc5c3F)N3C[C@H]5CC[C@@H]([C@H]3[C@H](C)O4)N5C(=O)OC(C)(C)C)c(C(F)(F)F)c(C)c2F)cc1. The Kier molecular flexibility index (Phi) is 11.8. The summed E-state index contributed by atoms with van der Waals surface area (Å²) in [6.07, 6.45) is -5.04. The van der Waals surface area contributed by atoms with Crippen molar-refractivity contribution in [2.45, 2.75) is 103 Å². The standard InChI is InChI=1S/C49H55F5N8O5/c1-26-38(49(52,53)54)34(20-36(39(26)50)59(21-28-10-15-32(64-8)16-11-28)22-29-12-17-33(65-9)18-13-29)41-40(51)42-37-44(57-46(56-42)60-23-31(24-60)58(6)7)61-25-30-14-19-35(43(61)27(2)66-45(37)55-41)62(30)47(63)67-48(3,4)5/h10-13,15-18,20,27,30-31,35,43H,14,19,21-25H2,1-9H3/t27-,30+,35-,43+/m0/s1. The van der Waals surface area contributed by atoms with Crippen molar-refractivity contribution in [2.75, 3.05) is 62.6 Å². The van der Waals surface area contributed by atoms with E-state index in [9.17, 15) is 4.79 Å². The molecule has 3 aromatic carbocycles. The first kappa shape index (κ1) is 46.0. The molecule has 0 unspecified atom stereocenters. The summed E-state index contributed by atoms with van der Waals surface area (Å²) in [6.45, 7) is 9.72. The fourth-order valence-electron chi connectivity index (χ4n) is 9.98. The average Bonchev–Trinajstić information content (AvgIpc) is 3.50. The molecule has 0 radical (unpaired) electrons. The number of aromatic nitrogens is 3. The number of hydrogen-bond acceptors (Lipinski definition) is 12. The van der Waals surface area contributed by atoms with Gasteiger partial charge in [-0.1, -0.05) is 24.3 Å². The number of alkyl halides is 3. The van der Waals surface area contributed by atoms with Crippen LogP contribution in [0.1, 0.15) is 62.8 Å². The molecule has 0 saturated carbocycles. The Hall–Kier alpha value is -6.17. The Morgan fingerprint density at radius 2 is 1.48 bits per heavy atom. The van der Waals surface area contributed by atoms with Gasteiger partial charge in [-0.3, -0.25) is 4.90 Å². The summed E-state index contributed by atoms with van der Waals surface area (Å²) in [4.78, 5) is 37.6. The van der Waals surface area contributed by atoms with Gasteiger partial charge in [0.2, 0.25) is 11.8 Å². The van der Waals surface area contributed by atoms with E-state index in [1.807, 2.05) is 23.9 Å². The molecule has 6 heterocycles. The molecule has 4 aliphatic rings. The Labute approximate surface area is 386 Å². The Morgan fingerprint density at radius 1 is 0.866 bits per heavy atom. The number of benzene rings is 3. The lowest BCUT2D eigenvalue weighted by atomic mass is 9.95. The van der Waals surface area contributed by atoms with E-state index in [0.717, 1.165) is 13.0 Å². The second kappa shape index (κ2) is 17.2. The molecule has 1 amide bonds. The Bertz CT molecular complexity index is 2640. The van der Waals surface area contributed by atoms with Crippen molar-refractivity contribution in [1.29, 1.82) is 0 Å². The van der Waals surface area contributed by atoms with Crippen molar-refractivity contribution >= 4 is 34.4 Å². The van der Waals surface area contributed by atoms with Crippen LogP contribution in [0.5, 0.6) is 17.4 Å². The molecule has 0 spiro atoms. The predicted octanol–water partition coefficient (Wildman–Crippen LogP) is 9.01. The van der Waals surface area contributed by atoms with E-state index in [1.54, 1.807) is 86.0 Å². The lowest BCUT2D eigenvalue weighted by molar-refractivity contribution is -0.137. The minimum absolute atomic E-state index is 0.0557. The summed E-state index contributed by atoms with van der Waals surface area (Å²) >= 11 is 0. The van der Waals surface area contributed by atoms with Crippen molar-refractivity contribution in [1.82, 2.24) is 24.8 Å². The molecule has 3 saturated heterocycles. The number of nitrogens with zero attached hydrogens (tertiary/aromatic N) is 8. The molecule has 0 aliphatic carbocycles. The van der Waals surface area contributed by atoms with Gasteiger partial charge >= 0.3 is 12.3 Å². The van der Waals surface area contributed by atoms with E-state index in [-0.39, 0.29) is 53.6 Å².